The van der Waals surface area contributed by atoms with E-state index in [-0.39, 0.29) is 18.4 Å². The summed E-state index contributed by atoms with van der Waals surface area (Å²) >= 11 is 0. The van der Waals surface area contributed by atoms with Crippen molar-refractivity contribution in [2.45, 2.75) is 13.3 Å². The first-order chi connectivity index (χ1) is 8.61. The van der Waals surface area contributed by atoms with Crippen LogP contribution in [0.4, 0.5) is 5.69 Å². The number of benzene rings is 1. The van der Waals surface area contributed by atoms with Crippen molar-refractivity contribution in [3.05, 3.63) is 23.8 Å². The average molecular weight is 248 g/mol. The van der Waals surface area contributed by atoms with Crippen LogP contribution in [0.5, 0.6) is 5.75 Å². The van der Waals surface area contributed by atoms with Crippen LogP contribution >= 0.6 is 0 Å². The molecular weight excluding hydrogens is 232 g/mol. The van der Waals surface area contributed by atoms with Gasteiger partial charge >= 0.3 is 0 Å². The van der Waals surface area contributed by atoms with Crippen LogP contribution in [0.1, 0.15) is 12.0 Å². The van der Waals surface area contributed by atoms with Crippen molar-refractivity contribution >= 4 is 17.5 Å². The molecule has 96 valence electrons. The van der Waals surface area contributed by atoms with Gasteiger partial charge in [0.1, 0.15) is 5.75 Å². The third kappa shape index (κ3) is 2.45. The highest BCUT2D eigenvalue weighted by Gasteiger charge is 2.21. The molecule has 5 nitrogen and oxygen atoms in total. The molecule has 1 aliphatic rings. The number of hydrogen-bond acceptors (Lipinski definition) is 3. The lowest BCUT2D eigenvalue weighted by atomic mass is 10.2. The first-order valence-corrected chi connectivity index (χ1v) is 5.83. The van der Waals surface area contributed by atoms with Gasteiger partial charge in [-0.25, -0.2) is 0 Å². The fraction of sp³-hybridized carbons (Fsp3) is 0.385. The maximum atomic E-state index is 11.9. The summed E-state index contributed by atoms with van der Waals surface area (Å²) in [5.74, 6) is 0.608. The van der Waals surface area contributed by atoms with Gasteiger partial charge in [0.15, 0.2) is 0 Å². The van der Waals surface area contributed by atoms with E-state index in [0.29, 0.717) is 13.0 Å². The number of carbonyl (C=O) groups is 2. The van der Waals surface area contributed by atoms with Gasteiger partial charge in [-0.2, -0.15) is 0 Å². The van der Waals surface area contributed by atoms with Gasteiger partial charge in [0.25, 0.3) is 0 Å². The lowest BCUT2D eigenvalue weighted by Gasteiger charge is -2.20. The van der Waals surface area contributed by atoms with Crippen molar-refractivity contribution in [3.63, 3.8) is 0 Å². The van der Waals surface area contributed by atoms with E-state index < -0.39 is 0 Å². The summed E-state index contributed by atoms with van der Waals surface area (Å²) in [6.45, 7) is 2.40. The van der Waals surface area contributed by atoms with E-state index in [2.05, 4.69) is 5.32 Å². The maximum absolute atomic E-state index is 11.9. The van der Waals surface area contributed by atoms with Gasteiger partial charge in [0.05, 0.1) is 13.7 Å². The summed E-state index contributed by atoms with van der Waals surface area (Å²) in [5, 5.41) is 2.58. The lowest BCUT2D eigenvalue weighted by molar-refractivity contribution is -0.123. The van der Waals surface area contributed by atoms with Gasteiger partial charge in [-0.3, -0.25) is 9.59 Å². The van der Waals surface area contributed by atoms with Gasteiger partial charge < -0.3 is 15.0 Å². The summed E-state index contributed by atoms with van der Waals surface area (Å²) in [6, 6.07) is 5.56. The van der Waals surface area contributed by atoms with Crippen molar-refractivity contribution in [3.8, 4) is 5.75 Å². The Morgan fingerprint density at radius 1 is 1.33 bits per heavy atom. The Morgan fingerprint density at radius 2 is 2.11 bits per heavy atom. The molecule has 0 bridgehead atoms. The summed E-state index contributed by atoms with van der Waals surface area (Å²) in [4.78, 5) is 24.8. The lowest BCUT2D eigenvalue weighted by Crippen LogP contribution is -2.35. The van der Waals surface area contributed by atoms with E-state index in [0.717, 1.165) is 17.0 Å². The molecule has 0 saturated carbocycles. The Balaban J connectivity index is 2.26. The first kappa shape index (κ1) is 12.4. The quantitative estimate of drug-likeness (QED) is 0.844. The highest BCUT2D eigenvalue weighted by molar-refractivity contribution is 5.98. The normalized spacial score (nSPS) is 16.2. The standard InChI is InChI=1S/C13H16N2O3/c1-9-7-10(3-4-11(9)18-2)15-6-5-12(16)14-8-13(15)17/h3-4,7H,5-6,8H2,1-2H3,(H,14,16). The second kappa shape index (κ2) is 5.08. The van der Waals surface area contributed by atoms with Crippen LogP contribution in [0.15, 0.2) is 18.2 Å². The molecule has 0 radical (unpaired) electrons. The zero-order valence-corrected chi connectivity index (χ0v) is 10.5. The number of nitrogens with zero attached hydrogens (tertiary/aromatic N) is 1. The molecule has 1 saturated heterocycles. The summed E-state index contributed by atoms with van der Waals surface area (Å²) in [6.07, 6.45) is 0.330. The highest BCUT2D eigenvalue weighted by atomic mass is 16.5. The van der Waals surface area contributed by atoms with Crippen LogP contribution in [0.3, 0.4) is 0 Å². The Morgan fingerprint density at radius 3 is 2.78 bits per heavy atom. The third-order valence-corrected chi connectivity index (χ3v) is 2.99. The van der Waals surface area contributed by atoms with Crippen LogP contribution in [0, 0.1) is 6.92 Å². The minimum Gasteiger partial charge on any atom is -0.496 e. The van der Waals surface area contributed by atoms with Gasteiger partial charge in [-0.1, -0.05) is 0 Å². The first-order valence-electron chi connectivity index (χ1n) is 5.83. The molecule has 1 fully saturated rings. The molecule has 2 amide bonds. The molecule has 1 aromatic carbocycles. The van der Waals surface area contributed by atoms with E-state index in [1.807, 2.05) is 25.1 Å². The Kier molecular flexibility index (Phi) is 3.50. The maximum Gasteiger partial charge on any atom is 0.246 e. The number of ether oxygens (including phenoxy) is 1. The fourth-order valence-corrected chi connectivity index (χ4v) is 2.00. The van der Waals surface area contributed by atoms with E-state index in [9.17, 15) is 9.59 Å². The SMILES string of the molecule is COc1ccc(N2CCC(=O)NCC2=O)cc1C. The number of carbonyl (C=O) groups excluding carboxylic acids is 2. The van der Waals surface area contributed by atoms with Crippen LogP contribution in [0.25, 0.3) is 0 Å². The van der Waals surface area contributed by atoms with E-state index >= 15 is 0 Å². The second-order valence-electron chi connectivity index (χ2n) is 4.23. The molecule has 1 heterocycles. The van der Waals surface area contributed by atoms with Gasteiger partial charge in [-0.05, 0) is 30.7 Å². The topological polar surface area (TPSA) is 58.6 Å². The van der Waals surface area contributed by atoms with Crippen LogP contribution in [0.2, 0.25) is 0 Å². The Bertz CT molecular complexity index is 485. The minimum absolute atomic E-state index is 0.0594. The molecule has 1 N–H and O–H groups in total. The molecule has 0 aliphatic carbocycles. The van der Waals surface area contributed by atoms with Crippen molar-refractivity contribution in [1.82, 2.24) is 5.32 Å². The van der Waals surface area contributed by atoms with Crippen molar-refractivity contribution in [2.24, 2.45) is 0 Å². The molecule has 0 unspecified atom stereocenters. The third-order valence-electron chi connectivity index (χ3n) is 2.99. The second-order valence-corrected chi connectivity index (χ2v) is 4.23. The smallest absolute Gasteiger partial charge is 0.246 e. The van der Waals surface area contributed by atoms with Gasteiger partial charge in [0, 0.05) is 18.7 Å². The van der Waals surface area contributed by atoms with Crippen LogP contribution in [-0.2, 0) is 9.59 Å². The Hall–Kier alpha value is -2.04. The molecule has 2 rings (SSSR count). The Labute approximate surface area is 106 Å². The molecule has 0 spiro atoms. The van der Waals surface area contributed by atoms with Crippen LogP contribution in [-0.4, -0.2) is 32.0 Å². The van der Waals surface area contributed by atoms with E-state index in [1.165, 1.54) is 0 Å². The molecule has 0 atom stereocenters. The number of nitrogens with one attached hydrogen (secondary N) is 1. The van der Waals surface area contributed by atoms with Crippen molar-refractivity contribution in [1.29, 1.82) is 0 Å². The summed E-state index contributed by atoms with van der Waals surface area (Å²) in [7, 11) is 1.61. The predicted octanol–water partition coefficient (Wildman–Crippen LogP) is 0.857. The van der Waals surface area contributed by atoms with Crippen LogP contribution < -0.4 is 15.0 Å². The molecule has 1 aromatic rings. The summed E-state index contributed by atoms with van der Waals surface area (Å²) < 4.78 is 5.19. The predicted molar refractivity (Wildman–Crippen MR) is 67.7 cm³/mol. The number of anilines is 1. The molecule has 1 aliphatic heterocycles. The molecule has 5 heteroatoms. The molecule has 0 aromatic heterocycles. The molecule has 18 heavy (non-hydrogen) atoms. The van der Waals surface area contributed by atoms with E-state index in [4.69, 9.17) is 4.74 Å². The minimum atomic E-state index is -0.0922. The van der Waals surface area contributed by atoms with Crippen molar-refractivity contribution < 1.29 is 14.3 Å². The van der Waals surface area contributed by atoms with Crippen molar-refractivity contribution in [2.75, 3.05) is 25.1 Å². The number of hydrogen-bond donors (Lipinski definition) is 1. The zero-order valence-electron chi connectivity index (χ0n) is 10.5. The average Bonchev–Trinajstić information content (AvgIpc) is 2.52. The fourth-order valence-electron chi connectivity index (χ4n) is 2.00. The zero-order chi connectivity index (χ0) is 13.1. The molecular formula is C13H16N2O3. The monoisotopic (exact) mass is 248 g/mol. The summed E-state index contributed by atoms with van der Waals surface area (Å²) in [5.41, 5.74) is 1.76. The number of rotatable bonds is 2. The number of aryl methyl sites for hydroxylation is 1. The highest BCUT2D eigenvalue weighted by Crippen LogP contribution is 2.24. The largest absolute Gasteiger partial charge is 0.496 e. The van der Waals surface area contributed by atoms with Gasteiger partial charge in [-0.15, -0.1) is 0 Å². The van der Waals surface area contributed by atoms with Gasteiger partial charge in [0.2, 0.25) is 11.8 Å². The number of methoxy groups -OCH3 is 1. The number of amides is 2. The van der Waals surface area contributed by atoms with E-state index in [1.54, 1.807) is 12.0 Å².